The van der Waals surface area contributed by atoms with Crippen molar-refractivity contribution in [2.24, 2.45) is 0 Å². The third kappa shape index (κ3) is 14.6. The summed E-state index contributed by atoms with van der Waals surface area (Å²) in [5, 5.41) is 11.3. The molecule has 0 aromatic heterocycles. The van der Waals surface area contributed by atoms with Gasteiger partial charge >= 0.3 is 5.97 Å². The van der Waals surface area contributed by atoms with Gasteiger partial charge in [-0.15, -0.1) is 0 Å². The summed E-state index contributed by atoms with van der Waals surface area (Å²) in [6.45, 7) is 10.7. The van der Waals surface area contributed by atoms with Crippen molar-refractivity contribution in [2.45, 2.75) is 98.4 Å². The number of unbranched alkanes of at least 4 members (excludes halogenated alkanes) is 4. The van der Waals surface area contributed by atoms with Gasteiger partial charge in [0.2, 0.25) is 5.91 Å². The molecule has 0 bridgehead atoms. The van der Waals surface area contributed by atoms with Crippen LogP contribution in [0.25, 0.3) is 0 Å². The molecule has 0 aliphatic heterocycles. The van der Waals surface area contributed by atoms with Crippen LogP contribution in [0.2, 0.25) is 0 Å². The van der Waals surface area contributed by atoms with Crippen LogP contribution in [0.4, 0.5) is 0 Å². The third-order valence-electron chi connectivity index (χ3n) is 5.90. The van der Waals surface area contributed by atoms with Gasteiger partial charge in [-0.3, -0.25) is 4.79 Å². The minimum atomic E-state index is -1.02. The molecule has 0 aliphatic rings. The first kappa shape index (κ1) is 30.6. The number of benzene rings is 1. The molecule has 1 amide bonds. The smallest absolute Gasteiger partial charge is 0.326 e. The lowest BCUT2D eigenvalue weighted by atomic mass is 10.1. The first-order chi connectivity index (χ1) is 15.3. The molecule has 1 atom stereocenters. The Labute approximate surface area is 198 Å². The van der Waals surface area contributed by atoms with Crippen molar-refractivity contribution in [3.8, 4) is 0 Å². The van der Waals surface area contributed by atoms with Gasteiger partial charge in [-0.1, -0.05) is 83.7 Å². The second-order valence-electron chi connectivity index (χ2n) is 8.93. The summed E-state index contributed by atoms with van der Waals surface area (Å²) < 4.78 is 0. The number of carboxylic acids is 1. The molecule has 1 rings (SSSR count). The fourth-order valence-electron chi connectivity index (χ4n) is 3.94. The third-order valence-corrected chi connectivity index (χ3v) is 11.0. The largest absolute Gasteiger partial charge is 0.480 e. The van der Waals surface area contributed by atoms with E-state index >= 15 is 0 Å². The maximum absolute atomic E-state index is 10.8. The Bertz CT molecular complexity index is 569. The van der Waals surface area contributed by atoms with E-state index in [1.807, 2.05) is 30.3 Å². The molecule has 0 fully saturated rings. The summed E-state index contributed by atoms with van der Waals surface area (Å²) in [7, 11) is -0.562. The molecule has 4 nitrogen and oxygen atoms in total. The average molecular weight is 467 g/mol. The van der Waals surface area contributed by atoms with Crippen molar-refractivity contribution in [3.05, 3.63) is 35.9 Å². The molecule has 184 valence electrons. The Morgan fingerprint density at radius 2 is 1.22 bits per heavy atom. The summed E-state index contributed by atoms with van der Waals surface area (Å²) in [4.78, 5) is 21.6. The van der Waals surface area contributed by atoms with Crippen LogP contribution in [0, 0.1) is 0 Å². The number of carbonyl (C=O) groups excluding carboxylic acids is 1. The van der Waals surface area contributed by atoms with Crippen LogP contribution in [0.15, 0.2) is 30.3 Å². The number of nitrogens with one attached hydrogen (secondary N) is 1. The quantitative estimate of drug-likeness (QED) is 0.257. The van der Waals surface area contributed by atoms with Gasteiger partial charge in [-0.2, -0.15) is 0 Å². The monoisotopic (exact) mass is 466 g/mol. The highest BCUT2D eigenvalue weighted by atomic mass is 31.2. The molecule has 0 aliphatic carbocycles. The molecule has 2 N–H and O–H groups in total. The molecular formula is C27H49NO3P+. The zero-order chi connectivity index (χ0) is 24.2. The van der Waals surface area contributed by atoms with Gasteiger partial charge in [0.15, 0.2) is 0 Å². The Hall–Kier alpha value is -1.41. The number of amides is 1. The molecule has 32 heavy (non-hydrogen) atoms. The average Bonchev–Trinajstić information content (AvgIpc) is 2.78. The highest BCUT2D eigenvalue weighted by molar-refractivity contribution is 7.75. The molecular weight excluding hydrogens is 417 g/mol. The molecule has 0 spiro atoms. The first-order valence-corrected chi connectivity index (χ1v) is 15.3. The van der Waals surface area contributed by atoms with Crippen LogP contribution >= 0.6 is 7.26 Å². The SMILES string of the molecule is CC(=O)N[C@@H](Cc1ccccc1)C(=O)O.CCCC[P+](CCCC)(CCCC)CCCC. The molecule has 5 heteroatoms. The van der Waals surface area contributed by atoms with Crippen molar-refractivity contribution >= 4 is 19.1 Å². The minimum absolute atomic E-state index is 0.301. The van der Waals surface area contributed by atoms with Crippen molar-refractivity contribution in [3.63, 3.8) is 0 Å². The fourth-order valence-corrected chi connectivity index (χ4v) is 9.23. The van der Waals surface area contributed by atoms with E-state index in [1.54, 1.807) is 24.6 Å². The Morgan fingerprint density at radius 3 is 1.53 bits per heavy atom. The second kappa shape index (κ2) is 19.1. The normalized spacial score (nSPS) is 11.9. The Kier molecular flexibility index (Phi) is 18.3. The fraction of sp³-hybridized carbons (Fsp3) is 0.704. The zero-order valence-corrected chi connectivity index (χ0v) is 22.3. The van der Waals surface area contributed by atoms with Crippen molar-refractivity contribution in [1.29, 1.82) is 0 Å². The highest BCUT2D eigenvalue weighted by Gasteiger charge is 2.34. The van der Waals surface area contributed by atoms with Gasteiger partial charge < -0.3 is 10.4 Å². The summed E-state index contributed by atoms with van der Waals surface area (Å²) in [5.74, 6) is -1.35. The van der Waals surface area contributed by atoms with Crippen LogP contribution in [0.1, 0.15) is 91.5 Å². The Morgan fingerprint density at radius 1 is 0.812 bits per heavy atom. The van der Waals surface area contributed by atoms with E-state index in [0.29, 0.717) is 6.42 Å². The number of carboxylic acid groups (broad SMARTS) is 1. The van der Waals surface area contributed by atoms with E-state index < -0.39 is 19.3 Å². The molecule has 0 radical (unpaired) electrons. The van der Waals surface area contributed by atoms with Gasteiger partial charge in [0, 0.05) is 20.6 Å². The van der Waals surface area contributed by atoms with Crippen molar-refractivity contribution in [2.75, 3.05) is 24.6 Å². The molecule has 0 heterocycles. The first-order valence-electron chi connectivity index (χ1n) is 12.7. The number of rotatable bonds is 16. The molecule has 1 aromatic rings. The van der Waals surface area contributed by atoms with Crippen LogP contribution in [0.3, 0.4) is 0 Å². The van der Waals surface area contributed by atoms with Gasteiger partial charge in [-0.25, -0.2) is 4.79 Å². The minimum Gasteiger partial charge on any atom is -0.480 e. The lowest BCUT2D eigenvalue weighted by Crippen LogP contribution is -2.41. The van der Waals surface area contributed by atoms with E-state index in [9.17, 15) is 9.59 Å². The number of hydrogen-bond donors (Lipinski definition) is 2. The predicted molar refractivity (Wildman–Crippen MR) is 141 cm³/mol. The van der Waals surface area contributed by atoms with E-state index in [2.05, 4.69) is 33.0 Å². The van der Waals surface area contributed by atoms with Crippen molar-refractivity contribution in [1.82, 2.24) is 5.32 Å². The van der Waals surface area contributed by atoms with E-state index in [1.165, 1.54) is 58.3 Å². The summed E-state index contributed by atoms with van der Waals surface area (Å²) in [6, 6.07) is 8.34. The lowest BCUT2D eigenvalue weighted by Gasteiger charge is -2.28. The topological polar surface area (TPSA) is 66.4 Å². The number of aliphatic carboxylic acids is 1. The number of hydrogen-bond acceptors (Lipinski definition) is 2. The maximum Gasteiger partial charge on any atom is 0.326 e. The maximum atomic E-state index is 10.8. The number of carbonyl (C=O) groups is 2. The van der Waals surface area contributed by atoms with Gasteiger partial charge in [-0.05, 0) is 31.2 Å². The van der Waals surface area contributed by atoms with Gasteiger partial charge in [0.05, 0.1) is 24.6 Å². The van der Waals surface area contributed by atoms with Gasteiger partial charge in [0.1, 0.15) is 6.04 Å². The van der Waals surface area contributed by atoms with Crippen LogP contribution in [0.5, 0.6) is 0 Å². The Balaban J connectivity index is 0.000000604. The molecule has 0 saturated heterocycles. The standard InChI is InChI=1S/C16H36P.C11H13NO3/c1-5-9-13-17(14-10-6-2,15-11-7-3)16-12-8-4;1-8(13)12-10(11(14)15)7-9-5-3-2-4-6-9/h5-16H2,1-4H3;2-6,10H,7H2,1H3,(H,12,13)(H,14,15)/q+1;/t;10-/m.0/s1. The predicted octanol–water partition coefficient (Wildman–Crippen LogP) is 7.02. The molecule has 0 unspecified atom stereocenters. The zero-order valence-electron chi connectivity index (χ0n) is 21.4. The summed E-state index contributed by atoms with van der Waals surface area (Å²) in [6.07, 6.45) is 18.2. The van der Waals surface area contributed by atoms with E-state index in [4.69, 9.17) is 5.11 Å². The van der Waals surface area contributed by atoms with E-state index in [0.717, 1.165) is 5.56 Å². The van der Waals surface area contributed by atoms with Crippen molar-refractivity contribution < 1.29 is 14.7 Å². The van der Waals surface area contributed by atoms with Gasteiger partial charge in [0.25, 0.3) is 0 Å². The van der Waals surface area contributed by atoms with E-state index in [-0.39, 0.29) is 5.91 Å². The second-order valence-corrected chi connectivity index (χ2v) is 13.4. The molecule has 0 saturated carbocycles. The molecule has 1 aromatic carbocycles. The van der Waals surface area contributed by atoms with Crippen LogP contribution in [-0.2, 0) is 16.0 Å². The summed E-state index contributed by atoms with van der Waals surface area (Å²) in [5.41, 5.74) is 0.888. The van der Waals surface area contributed by atoms with Crippen LogP contribution in [-0.4, -0.2) is 47.7 Å². The van der Waals surface area contributed by atoms with Crippen LogP contribution < -0.4 is 5.32 Å². The summed E-state index contributed by atoms with van der Waals surface area (Å²) >= 11 is 0. The lowest BCUT2D eigenvalue weighted by molar-refractivity contribution is -0.141. The highest BCUT2D eigenvalue weighted by Crippen LogP contribution is 2.61.